The Hall–Kier alpha value is -2.83. The zero-order valence-corrected chi connectivity index (χ0v) is 15.1. The zero-order valence-electron chi connectivity index (χ0n) is 15.1. The first kappa shape index (κ1) is 20.2. The van der Waals surface area contributed by atoms with Crippen molar-refractivity contribution in [3.63, 3.8) is 0 Å². The van der Waals surface area contributed by atoms with Gasteiger partial charge in [-0.1, -0.05) is 5.57 Å². The number of carbonyl (C=O) groups excluding carboxylic acids is 3. The Morgan fingerprint density at radius 3 is 2.16 bits per heavy atom. The molecule has 0 aromatic heterocycles. The van der Waals surface area contributed by atoms with Crippen LogP contribution in [0.3, 0.4) is 0 Å². The maximum Gasteiger partial charge on any atom is 0.331 e. The van der Waals surface area contributed by atoms with Crippen LogP contribution in [0.15, 0.2) is 35.9 Å². The number of nitrogens with zero attached hydrogens (tertiary/aromatic N) is 1. The van der Waals surface area contributed by atoms with Crippen molar-refractivity contribution in [3.8, 4) is 0 Å². The van der Waals surface area contributed by atoms with Gasteiger partial charge in [-0.25, -0.2) is 4.79 Å². The minimum atomic E-state index is -0.622. The van der Waals surface area contributed by atoms with E-state index in [4.69, 9.17) is 4.74 Å². The molecule has 1 aromatic rings. The second-order valence-electron chi connectivity index (χ2n) is 5.55. The Morgan fingerprint density at radius 2 is 1.64 bits per heavy atom. The molecule has 136 valence electrons. The van der Waals surface area contributed by atoms with Crippen molar-refractivity contribution in [2.24, 2.45) is 0 Å². The molecule has 2 N–H and O–H groups in total. The number of anilines is 1. The third-order valence-corrected chi connectivity index (χ3v) is 3.33. The van der Waals surface area contributed by atoms with Gasteiger partial charge in [-0.2, -0.15) is 0 Å². The maximum absolute atomic E-state index is 12.0. The molecule has 2 amide bonds. The third kappa shape index (κ3) is 7.07. The van der Waals surface area contributed by atoms with E-state index in [-0.39, 0.29) is 0 Å². The van der Waals surface area contributed by atoms with E-state index in [0.717, 1.165) is 24.4 Å². The van der Waals surface area contributed by atoms with Crippen LogP contribution in [-0.4, -0.2) is 37.5 Å². The van der Waals surface area contributed by atoms with E-state index in [1.165, 1.54) is 6.08 Å². The van der Waals surface area contributed by atoms with Crippen molar-refractivity contribution in [2.45, 2.75) is 27.7 Å². The molecule has 0 spiro atoms. The molecule has 0 unspecified atom stereocenters. The summed E-state index contributed by atoms with van der Waals surface area (Å²) in [7, 11) is 0. The maximum atomic E-state index is 12.0. The first-order chi connectivity index (χ1) is 11.9. The summed E-state index contributed by atoms with van der Waals surface area (Å²) < 4.78 is 4.74. The summed E-state index contributed by atoms with van der Waals surface area (Å²) in [6, 6.07) is 7.07. The predicted molar refractivity (Wildman–Crippen MR) is 96.0 cm³/mol. The first-order valence-electron chi connectivity index (χ1n) is 8.13. The number of hydrogen-bond acceptors (Lipinski definition) is 5. The number of esters is 1. The van der Waals surface area contributed by atoms with E-state index >= 15 is 0 Å². The molecule has 7 heteroatoms. The molecule has 25 heavy (non-hydrogen) atoms. The fraction of sp³-hybridized carbons (Fsp3) is 0.389. The van der Waals surface area contributed by atoms with Gasteiger partial charge >= 0.3 is 5.97 Å². The molecule has 1 aromatic carbocycles. The van der Waals surface area contributed by atoms with E-state index < -0.39 is 24.4 Å². The summed E-state index contributed by atoms with van der Waals surface area (Å²) in [6.07, 6.45) is 1.28. The second-order valence-corrected chi connectivity index (χ2v) is 5.55. The summed E-state index contributed by atoms with van der Waals surface area (Å²) in [6.45, 7) is 8.89. The number of benzene rings is 1. The third-order valence-electron chi connectivity index (χ3n) is 3.33. The van der Waals surface area contributed by atoms with E-state index in [9.17, 15) is 14.4 Å². The molecular weight excluding hydrogens is 322 g/mol. The van der Waals surface area contributed by atoms with Crippen molar-refractivity contribution in [1.29, 1.82) is 0 Å². The highest BCUT2D eigenvalue weighted by molar-refractivity contribution is 5.96. The Balaban J connectivity index is 2.47. The van der Waals surface area contributed by atoms with E-state index in [1.54, 1.807) is 26.0 Å². The minimum Gasteiger partial charge on any atom is -0.452 e. The van der Waals surface area contributed by atoms with Crippen LogP contribution in [0.2, 0.25) is 0 Å². The van der Waals surface area contributed by atoms with Gasteiger partial charge in [0.15, 0.2) is 6.61 Å². The molecule has 1 rings (SSSR count). The Bertz CT molecular complexity index is 630. The number of carbonyl (C=O) groups is 3. The number of hydrogen-bond donors (Lipinski definition) is 2. The monoisotopic (exact) mass is 347 g/mol. The predicted octanol–water partition coefficient (Wildman–Crippen LogP) is 1.80. The molecule has 0 fully saturated rings. The largest absolute Gasteiger partial charge is 0.452 e. The van der Waals surface area contributed by atoms with Crippen LogP contribution in [0.4, 0.5) is 5.69 Å². The molecular formula is C18H25N3O4. The van der Waals surface area contributed by atoms with Crippen molar-refractivity contribution < 1.29 is 19.1 Å². The van der Waals surface area contributed by atoms with Gasteiger partial charge in [0.05, 0.1) is 0 Å². The highest BCUT2D eigenvalue weighted by Gasteiger charge is 2.10. The standard InChI is InChI=1S/C18H25N3O4/c1-5-21(6-2)15-9-7-14(8-10-15)18(24)20-19-16(22)12-25-17(23)11-13(3)4/h7-11H,5-6,12H2,1-4H3,(H,19,22)(H,20,24). The van der Waals surface area contributed by atoms with Crippen LogP contribution in [0.1, 0.15) is 38.1 Å². The van der Waals surface area contributed by atoms with Crippen molar-refractivity contribution in [2.75, 3.05) is 24.6 Å². The lowest BCUT2D eigenvalue weighted by atomic mass is 10.2. The molecule has 0 radical (unpaired) electrons. The van der Waals surface area contributed by atoms with Gasteiger partial charge in [-0.15, -0.1) is 0 Å². The Labute approximate surface area is 148 Å². The molecule has 0 heterocycles. The topological polar surface area (TPSA) is 87.7 Å². The quantitative estimate of drug-likeness (QED) is 0.446. The van der Waals surface area contributed by atoms with Gasteiger partial charge in [0, 0.05) is 30.4 Å². The van der Waals surface area contributed by atoms with E-state index in [1.807, 2.05) is 12.1 Å². The van der Waals surface area contributed by atoms with Crippen molar-refractivity contribution in [3.05, 3.63) is 41.5 Å². The summed E-state index contributed by atoms with van der Waals surface area (Å²) in [4.78, 5) is 37.0. The number of hydrazine groups is 1. The number of nitrogens with one attached hydrogen (secondary N) is 2. The van der Waals surface area contributed by atoms with E-state index in [0.29, 0.717) is 5.56 Å². The van der Waals surface area contributed by atoms with Crippen LogP contribution >= 0.6 is 0 Å². The number of allylic oxidation sites excluding steroid dienone is 1. The second kappa shape index (κ2) is 10.1. The van der Waals surface area contributed by atoms with Crippen LogP contribution in [0.5, 0.6) is 0 Å². The number of amides is 2. The molecule has 0 atom stereocenters. The fourth-order valence-electron chi connectivity index (χ4n) is 2.06. The number of rotatable bonds is 7. The Kier molecular flexibility index (Phi) is 8.18. The summed E-state index contributed by atoms with van der Waals surface area (Å²) in [5.74, 6) is -1.67. The summed E-state index contributed by atoms with van der Waals surface area (Å²) >= 11 is 0. The van der Waals surface area contributed by atoms with Crippen LogP contribution in [0.25, 0.3) is 0 Å². The average Bonchev–Trinajstić information content (AvgIpc) is 2.59. The van der Waals surface area contributed by atoms with Gasteiger partial charge in [0.1, 0.15) is 0 Å². The zero-order chi connectivity index (χ0) is 18.8. The number of ether oxygens (including phenoxy) is 1. The molecule has 0 saturated heterocycles. The highest BCUT2D eigenvalue weighted by atomic mass is 16.5. The molecule has 0 aliphatic rings. The lowest BCUT2D eigenvalue weighted by Crippen LogP contribution is -2.43. The van der Waals surface area contributed by atoms with E-state index in [2.05, 4.69) is 29.6 Å². The smallest absolute Gasteiger partial charge is 0.331 e. The normalized spacial score (nSPS) is 9.76. The minimum absolute atomic E-state index is 0.415. The van der Waals surface area contributed by atoms with Gasteiger partial charge in [0.2, 0.25) is 0 Å². The van der Waals surface area contributed by atoms with Gasteiger partial charge in [0.25, 0.3) is 11.8 Å². The fourth-order valence-corrected chi connectivity index (χ4v) is 2.06. The molecule has 0 aliphatic heterocycles. The van der Waals surface area contributed by atoms with Gasteiger partial charge in [-0.05, 0) is 52.0 Å². The summed E-state index contributed by atoms with van der Waals surface area (Å²) in [5, 5.41) is 0. The lowest BCUT2D eigenvalue weighted by molar-refractivity contribution is -0.144. The van der Waals surface area contributed by atoms with Gasteiger partial charge in [-0.3, -0.25) is 20.4 Å². The SMILES string of the molecule is CCN(CC)c1ccc(C(=O)NNC(=O)COC(=O)C=C(C)C)cc1. The van der Waals surface area contributed by atoms with Crippen LogP contribution in [-0.2, 0) is 14.3 Å². The Morgan fingerprint density at radius 1 is 1.04 bits per heavy atom. The molecule has 0 saturated carbocycles. The lowest BCUT2D eigenvalue weighted by Gasteiger charge is -2.21. The van der Waals surface area contributed by atoms with Crippen LogP contribution in [0, 0.1) is 0 Å². The molecule has 0 bridgehead atoms. The molecule has 7 nitrogen and oxygen atoms in total. The first-order valence-corrected chi connectivity index (χ1v) is 8.13. The average molecular weight is 347 g/mol. The van der Waals surface area contributed by atoms with Crippen LogP contribution < -0.4 is 15.8 Å². The van der Waals surface area contributed by atoms with Crippen molar-refractivity contribution in [1.82, 2.24) is 10.9 Å². The highest BCUT2D eigenvalue weighted by Crippen LogP contribution is 2.14. The van der Waals surface area contributed by atoms with Crippen molar-refractivity contribution >= 4 is 23.5 Å². The molecule has 0 aliphatic carbocycles. The van der Waals surface area contributed by atoms with Gasteiger partial charge < -0.3 is 9.64 Å². The summed E-state index contributed by atoms with van der Waals surface area (Å²) in [5.41, 5.74) is 6.69.